The summed E-state index contributed by atoms with van der Waals surface area (Å²) in [5, 5.41) is 10.8. The number of fused-ring (bicyclic) bond motifs is 2. The Bertz CT molecular complexity index is 980. The Kier molecular flexibility index (Phi) is 4.30. The molecule has 1 aliphatic heterocycles. The molecule has 0 saturated heterocycles. The molecular formula is C20H22O6. The van der Waals surface area contributed by atoms with Crippen LogP contribution in [0, 0.1) is 6.92 Å². The molecule has 1 unspecified atom stereocenters. The molecule has 138 valence electrons. The number of hydrogen-bond acceptors (Lipinski definition) is 6. The fraction of sp³-hybridized carbons (Fsp3) is 0.400. The molecule has 26 heavy (non-hydrogen) atoms. The van der Waals surface area contributed by atoms with Crippen LogP contribution in [0.3, 0.4) is 0 Å². The van der Waals surface area contributed by atoms with Crippen LogP contribution in [0.4, 0.5) is 0 Å². The number of aryl methyl sites for hydroxylation is 1. The number of carbonyl (C=O) groups excluding carboxylic acids is 1. The molecule has 1 aromatic carbocycles. The largest absolute Gasteiger partial charge is 0.507 e. The summed E-state index contributed by atoms with van der Waals surface area (Å²) in [4.78, 5) is 24.4. The van der Waals surface area contributed by atoms with Crippen molar-refractivity contribution in [1.82, 2.24) is 0 Å². The minimum Gasteiger partial charge on any atom is -0.507 e. The highest BCUT2D eigenvalue weighted by atomic mass is 16.6. The van der Waals surface area contributed by atoms with E-state index in [4.69, 9.17) is 13.9 Å². The number of rotatable bonds is 2. The summed E-state index contributed by atoms with van der Waals surface area (Å²) in [7, 11) is 0. The van der Waals surface area contributed by atoms with Crippen molar-refractivity contribution in [1.29, 1.82) is 0 Å². The number of carbonyl (C=O) groups is 1. The minimum absolute atomic E-state index is 0.104. The lowest BCUT2D eigenvalue weighted by atomic mass is 9.89. The third-order valence-electron chi connectivity index (χ3n) is 4.72. The highest BCUT2D eigenvalue weighted by Crippen LogP contribution is 2.42. The lowest BCUT2D eigenvalue weighted by Gasteiger charge is -2.39. The van der Waals surface area contributed by atoms with Gasteiger partial charge < -0.3 is 19.0 Å². The minimum atomic E-state index is -0.805. The Morgan fingerprint density at radius 3 is 2.73 bits per heavy atom. The van der Waals surface area contributed by atoms with E-state index in [1.807, 2.05) is 13.8 Å². The van der Waals surface area contributed by atoms with E-state index in [0.717, 1.165) is 0 Å². The van der Waals surface area contributed by atoms with Gasteiger partial charge in [0.1, 0.15) is 39.9 Å². The quantitative estimate of drug-likeness (QED) is 0.654. The Morgan fingerprint density at radius 2 is 2.08 bits per heavy atom. The summed E-state index contributed by atoms with van der Waals surface area (Å²) in [6, 6.07) is 2.94. The molecule has 0 fully saturated rings. The molecule has 2 aromatic rings. The van der Waals surface area contributed by atoms with Gasteiger partial charge in [0.2, 0.25) is 0 Å². The molecule has 0 amide bonds. The van der Waals surface area contributed by atoms with E-state index in [1.165, 1.54) is 6.07 Å². The maximum Gasteiger partial charge on any atom is 0.333 e. The maximum atomic E-state index is 12.3. The zero-order valence-corrected chi connectivity index (χ0v) is 15.5. The number of phenols is 1. The fourth-order valence-corrected chi connectivity index (χ4v) is 3.03. The van der Waals surface area contributed by atoms with Crippen LogP contribution in [0.5, 0.6) is 11.5 Å². The van der Waals surface area contributed by atoms with Crippen molar-refractivity contribution in [3.63, 3.8) is 0 Å². The van der Waals surface area contributed by atoms with E-state index in [9.17, 15) is 14.7 Å². The molecule has 6 nitrogen and oxygen atoms in total. The Labute approximate surface area is 151 Å². The van der Waals surface area contributed by atoms with E-state index >= 15 is 0 Å². The SMILES string of the molecule is C/C=C(\C)C(=O)OC1Cc2c(cc3oc(C)cc(=O)c3c2O)OC1(C)C. The smallest absolute Gasteiger partial charge is 0.333 e. The number of ether oxygens (including phenoxy) is 2. The van der Waals surface area contributed by atoms with Gasteiger partial charge in [-0.2, -0.15) is 0 Å². The number of allylic oxidation sites excluding steroid dienone is 1. The van der Waals surface area contributed by atoms with Crippen LogP contribution in [-0.4, -0.2) is 22.8 Å². The van der Waals surface area contributed by atoms with E-state index < -0.39 is 17.7 Å². The molecule has 1 N–H and O–H groups in total. The van der Waals surface area contributed by atoms with Crippen LogP contribution in [0.25, 0.3) is 11.0 Å². The van der Waals surface area contributed by atoms with Crippen molar-refractivity contribution in [3.8, 4) is 11.5 Å². The number of phenolic OH excluding ortho intramolecular Hbond substituents is 1. The first-order chi connectivity index (χ1) is 12.1. The molecule has 0 spiro atoms. The molecule has 1 atom stereocenters. The van der Waals surface area contributed by atoms with Gasteiger partial charge in [-0.15, -0.1) is 0 Å². The van der Waals surface area contributed by atoms with Gasteiger partial charge in [-0.1, -0.05) is 6.08 Å². The summed E-state index contributed by atoms with van der Waals surface area (Å²) >= 11 is 0. The topological polar surface area (TPSA) is 86.0 Å². The van der Waals surface area contributed by atoms with E-state index in [2.05, 4.69) is 0 Å². The standard InChI is InChI=1S/C20H22O6/c1-6-10(2)19(23)25-16-8-12-14(26-20(16,4)5)9-15-17(18(12)22)13(21)7-11(3)24-15/h6-7,9,16,22H,8H2,1-5H3/b10-6+. The third-order valence-corrected chi connectivity index (χ3v) is 4.72. The average molecular weight is 358 g/mol. The second-order valence-corrected chi connectivity index (χ2v) is 7.07. The van der Waals surface area contributed by atoms with Crippen LogP contribution in [0.15, 0.2) is 33.0 Å². The zero-order valence-electron chi connectivity index (χ0n) is 15.5. The number of aromatic hydroxyl groups is 1. The average Bonchev–Trinajstić information content (AvgIpc) is 2.54. The van der Waals surface area contributed by atoms with Crippen molar-refractivity contribution in [2.24, 2.45) is 0 Å². The lowest BCUT2D eigenvalue weighted by molar-refractivity contribution is -0.156. The first-order valence-electron chi connectivity index (χ1n) is 8.46. The molecule has 1 aliphatic rings. The van der Waals surface area contributed by atoms with E-state index in [1.54, 1.807) is 32.9 Å². The first kappa shape index (κ1) is 18.0. The molecule has 0 bridgehead atoms. The normalized spacial score (nSPS) is 19.0. The number of hydrogen-bond donors (Lipinski definition) is 1. The van der Waals surface area contributed by atoms with Crippen LogP contribution in [0.1, 0.15) is 39.0 Å². The van der Waals surface area contributed by atoms with Gasteiger partial charge >= 0.3 is 5.97 Å². The van der Waals surface area contributed by atoms with E-state index in [0.29, 0.717) is 22.6 Å². The van der Waals surface area contributed by atoms with Crippen molar-refractivity contribution in [2.45, 2.75) is 52.7 Å². The predicted molar refractivity (Wildman–Crippen MR) is 96.6 cm³/mol. The predicted octanol–water partition coefficient (Wildman–Crippen LogP) is 3.40. The monoisotopic (exact) mass is 358 g/mol. The first-order valence-corrected chi connectivity index (χ1v) is 8.46. The van der Waals surface area contributed by atoms with Gasteiger partial charge in [-0.3, -0.25) is 4.79 Å². The third kappa shape index (κ3) is 2.96. The number of benzene rings is 1. The van der Waals surface area contributed by atoms with Crippen molar-refractivity contribution < 1.29 is 23.8 Å². The second kappa shape index (κ2) is 6.20. The number of esters is 1. The molecular weight excluding hydrogens is 336 g/mol. The summed E-state index contributed by atoms with van der Waals surface area (Å²) < 4.78 is 17.1. The van der Waals surface area contributed by atoms with Crippen molar-refractivity contribution in [3.05, 3.63) is 45.3 Å². The maximum absolute atomic E-state index is 12.3. The molecule has 6 heteroatoms. The van der Waals surface area contributed by atoms with Gasteiger partial charge in [-0.05, 0) is 34.6 Å². The molecule has 0 saturated carbocycles. The van der Waals surface area contributed by atoms with Crippen LogP contribution in [0.2, 0.25) is 0 Å². The summed E-state index contributed by atoms with van der Waals surface area (Å²) in [5.74, 6) is 0.243. The molecule has 0 radical (unpaired) electrons. The molecule has 0 aliphatic carbocycles. The summed E-state index contributed by atoms with van der Waals surface area (Å²) in [5.41, 5.74) is 0.0600. The van der Waals surface area contributed by atoms with Gasteiger partial charge in [0, 0.05) is 29.7 Å². The lowest BCUT2D eigenvalue weighted by Crippen LogP contribution is -2.49. The van der Waals surface area contributed by atoms with Gasteiger partial charge in [0.25, 0.3) is 0 Å². The Morgan fingerprint density at radius 1 is 1.38 bits per heavy atom. The van der Waals surface area contributed by atoms with Crippen molar-refractivity contribution >= 4 is 16.9 Å². The van der Waals surface area contributed by atoms with Crippen LogP contribution < -0.4 is 10.2 Å². The van der Waals surface area contributed by atoms with Gasteiger partial charge in [0.15, 0.2) is 5.43 Å². The highest BCUT2D eigenvalue weighted by molar-refractivity contribution is 5.88. The van der Waals surface area contributed by atoms with Gasteiger partial charge in [0.05, 0.1) is 0 Å². The zero-order chi connectivity index (χ0) is 19.2. The van der Waals surface area contributed by atoms with Crippen molar-refractivity contribution in [2.75, 3.05) is 0 Å². The van der Waals surface area contributed by atoms with Crippen LogP contribution in [-0.2, 0) is 16.0 Å². The second-order valence-electron chi connectivity index (χ2n) is 7.07. The summed E-state index contributed by atoms with van der Waals surface area (Å²) in [6.45, 7) is 8.72. The highest BCUT2D eigenvalue weighted by Gasteiger charge is 2.41. The summed E-state index contributed by atoms with van der Waals surface area (Å²) in [6.07, 6.45) is 1.30. The molecule has 1 aromatic heterocycles. The van der Waals surface area contributed by atoms with Gasteiger partial charge in [-0.25, -0.2) is 4.79 Å². The van der Waals surface area contributed by atoms with E-state index in [-0.39, 0.29) is 28.6 Å². The fourth-order valence-electron chi connectivity index (χ4n) is 3.03. The van der Waals surface area contributed by atoms with Crippen LogP contribution >= 0.6 is 0 Å². The Hall–Kier alpha value is -2.76. The Balaban J connectivity index is 2.09. The molecule has 2 heterocycles. The molecule has 3 rings (SSSR count).